The molecule has 4 aromatic rings. The maximum atomic E-state index is 12.9. The highest BCUT2D eigenvalue weighted by atomic mass is 32.2. The molecule has 0 unspecified atom stereocenters. The van der Waals surface area contributed by atoms with Gasteiger partial charge in [-0.1, -0.05) is 6.07 Å². The molecule has 0 saturated heterocycles. The number of benzene rings is 1. The van der Waals surface area contributed by atoms with Gasteiger partial charge in [-0.15, -0.1) is 11.3 Å². The molecule has 0 bridgehead atoms. The summed E-state index contributed by atoms with van der Waals surface area (Å²) in [5.74, 6) is 0. The maximum Gasteiger partial charge on any atom is 0.241 e. The number of rotatable bonds is 6. The third-order valence-electron chi connectivity index (χ3n) is 3.89. The molecule has 0 aliphatic carbocycles. The second kappa shape index (κ2) is 7.16. The van der Waals surface area contributed by atoms with Crippen LogP contribution in [0.5, 0.6) is 0 Å². The Morgan fingerprint density at radius 2 is 1.88 bits per heavy atom. The average Bonchev–Trinajstić information content (AvgIpc) is 3.43. The van der Waals surface area contributed by atoms with Crippen molar-refractivity contribution in [2.24, 2.45) is 0 Å². The van der Waals surface area contributed by atoms with Gasteiger partial charge in [0.2, 0.25) is 10.0 Å². The van der Waals surface area contributed by atoms with E-state index >= 15 is 0 Å². The lowest BCUT2D eigenvalue weighted by Gasteiger charge is -2.17. The van der Waals surface area contributed by atoms with Gasteiger partial charge in [-0.05, 0) is 64.2 Å². The number of nitrogens with one attached hydrogen (secondary N) is 1. The maximum absolute atomic E-state index is 12.9. The lowest BCUT2D eigenvalue weighted by Crippen LogP contribution is -2.28. The largest absolute Gasteiger partial charge is 0.241 e. The molecule has 5 nitrogen and oxygen atoms in total. The monoisotopic (exact) mass is 401 g/mol. The number of hydrogen-bond acceptors (Lipinski definition) is 5. The number of aromatic nitrogens is 2. The van der Waals surface area contributed by atoms with Crippen molar-refractivity contribution in [3.8, 4) is 5.69 Å². The molecule has 132 valence electrons. The molecule has 0 fully saturated rings. The fraction of sp³-hybridized carbons (Fsp3) is 0.0556. The van der Waals surface area contributed by atoms with Gasteiger partial charge in [0.1, 0.15) is 0 Å². The normalized spacial score (nSPS) is 12.9. The molecule has 1 atom stereocenters. The van der Waals surface area contributed by atoms with Gasteiger partial charge in [0.25, 0.3) is 0 Å². The van der Waals surface area contributed by atoms with Crippen LogP contribution < -0.4 is 4.72 Å². The summed E-state index contributed by atoms with van der Waals surface area (Å²) in [6, 6.07) is 13.9. The van der Waals surface area contributed by atoms with Crippen molar-refractivity contribution in [2.45, 2.75) is 10.9 Å². The summed E-state index contributed by atoms with van der Waals surface area (Å²) in [7, 11) is -3.67. The summed E-state index contributed by atoms with van der Waals surface area (Å²) in [5, 5.41) is 10.0. The van der Waals surface area contributed by atoms with Crippen LogP contribution in [0.3, 0.4) is 0 Å². The Morgan fingerprint density at radius 3 is 2.50 bits per heavy atom. The van der Waals surface area contributed by atoms with Gasteiger partial charge in [-0.25, -0.2) is 13.1 Å². The second-order valence-electron chi connectivity index (χ2n) is 5.57. The van der Waals surface area contributed by atoms with Crippen molar-refractivity contribution >= 4 is 32.7 Å². The Labute approximate surface area is 159 Å². The molecule has 26 heavy (non-hydrogen) atoms. The predicted molar refractivity (Wildman–Crippen MR) is 104 cm³/mol. The third-order valence-corrected chi connectivity index (χ3v) is 6.97. The van der Waals surface area contributed by atoms with E-state index in [1.165, 1.54) is 11.3 Å². The summed E-state index contributed by atoms with van der Waals surface area (Å²) in [6.07, 6.45) is 3.49. The molecule has 1 N–H and O–H groups in total. The quantitative estimate of drug-likeness (QED) is 0.530. The van der Waals surface area contributed by atoms with Crippen molar-refractivity contribution in [1.29, 1.82) is 0 Å². The van der Waals surface area contributed by atoms with Gasteiger partial charge >= 0.3 is 0 Å². The first-order valence-corrected chi connectivity index (χ1v) is 11.1. The van der Waals surface area contributed by atoms with Gasteiger partial charge in [-0.3, -0.25) is 0 Å². The van der Waals surface area contributed by atoms with Crippen LogP contribution in [0.2, 0.25) is 0 Å². The molecule has 4 rings (SSSR count). The molecule has 0 radical (unpaired) electrons. The van der Waals surface area contributed by atoms with Crippen LogP contribution in [0.25, 0.3) is 5.69 Å². The van der Waals surface area contributed by atoms with E-state index in [0.29, 0.717) is 0 Å². The number of sulfonamides is 1. The van der Waals surface area contributed by atoms with Gasteiger partial charge < -0.3 is 0 Å². The zero-order valence-corrected chi connectivity index (χ0v) is 16.0. The number of hydrogen-bond donors (Lipinski definition) is 1. The van der Waals surface area contributed by atoms with E-state index in [0.717, 1.165) is 16.1 Å². The SMILES string of the molecule is O=S(=O)(N[C@@H](c1ccsc1)c1cccs1)c1ccc(-n2cccn2)cc1. The van der Waals surface area contributed by atoms with Crippen LogP contribution in [0, 0.1) is 0 Å². The zero-order valence-electron chi connectivity index (χ0n) is 13.5. The Kier molecular flexibility index (Phi) is 4.73. The van der Waals surface area contributed by atoms with E-state index in [2.05, 4.69) is 9.82 Å². The second-order valence-corrected chi connectivity index (χ2v) is 9.04. The summed E-state index contributed by atoms with van der Waals surface area (Å²) in [6.45, 7) is 0. The Bertz CT molecular complexity index is 1020. The van der Waals surface area contributed by atoms with Gasteiger partial charge in [0, 0.05) is 17.3 Å². The lowest BCUT2D eigenvalue weighted by molar-refractivity contribution is 0.573. The summed E-state index contributed by atoms with van der Waals surface area (Å²) < 4.78 is 30.3. The first-order chi connectivity index (χ1) is 12.6. The van der Waals surface area contributed by atoms with E-state index < -0.39 is 16.1 Å². The fourth-order valence-corrected chi connectivity index (χ4v) is 5.37. The van der Waals surface area contributed by atoms with Crippen LogP contribution in [0.1, 0.15) is 16.5 Å². The molecule has 0 saturated carbocycles. The van der Waals surface area contributed by atoms with Gasteiger partial charge in [0.05, 0.1) is 16.6 Å². The zero-order chi connectivity index (χ0) is 18.0. The van der Waals surface area contributed by atoms with Crippen molar-refractivity contribution < 1.29 is 8.42 Å². The minimum atomic E-state index is -3.67. The predicted octanol–water partition coefficient (Wildman–Crippen LogP) is 4.06. The van der Waals surface area contributed by atoms with Crippen molar-refractivity contribution in [1.82, 2.24) is 14.5 Å². The van der Waals surface area contributed by atoms with Crippen LogP contribution in [0.15, 0.2) is 82.0 Å². The molecule has 3 heterocycles. The summed E-state index contributed by atoms with van der Waals surface area (Å²) in [5.41, 5.74) is 1.75. The standard InChI is InChI=1S/C18H15N3O2S3/c22-26(23,16-6-4-15(5-7-16)21-10-2-9-19-21)20-18(14-8-12-24-13-14)17-3-1-11-25-17/h1-13,18,20H/t18-/m0/s1. The summed E-state index contributed by atoms with van der Waals surface area (Å²) >= 11 is 3.08. The summed E-state index contributed by atoms with van der Waals surface area (Å²) in [4.78, 5) is 1.19. The van der Waals surface area contributed by atoms with Crippen LogP contribution in [-0.4, -0.2) is 18.2 Å². The van der Waals surface area contributed by atoms with Gasteiger partial charge in [0.15, 0.2) is 0 Å². The average molecular weight is 402 g/mol. The lowest BCUT2D eigenvalue weighted by atomic mass is 10.1. The van der Waals surface area contributed by atoms with Crippen molar-refractivity contribution in [3.63, 3.8) is 0 Å². The first kappa shape index (κ1) is 17.2. The molecule has 0 amide bonds. The highest BCUT2D eigenvalue weighted by Crippen LogP contribution is 2.29. The van der Waals surface area contributed by atoms with E-state index in [1.54, 1.807) is 46.5 Å². The minimum absolute atomic E-state index is 0.227. The van der Waals surface area contributed by atoms with E-state index in [1.807, 2.05) is 46.6 Å². The third kappa shape index (κ3) is 3.49. The number of thiophene rings is 2. The van der Waals surface area contributed by atoms with Crippen LogP contribution in [0.4, 0.5) is 0 Å². The Morgan fingerprint density at radius 1 is 1.04 bits per heavy atom. The molecule has 0 spiro atoms. The van der Waals surface area contributed by atoms with Crippen LogP contribution in [-0.2, 0) is 10.0 Å². The fourth-order valence-electron chi connectivity index (χ4n) is 2.61. The highest BCUT2D eigenvalue weighted by molar-refractivity contribution is 7.89. The molecule has 1 aromatic carbocycles. The molecule has 0 aliphatic rings. The molecule has 3 aromatic heterocycles. The minimum Gasteiger partial charge on any atom is -0.241 e. The molecular weight excluding hydrogens is 386 g/mol. The smallest absolute Gasteiger partial charge is 0.241 e. The van der Waals surface area contributed by atoms with Crippen molar-refractivity contribution in [3.05, 3.63) is 87.5 Å². The Hall–Kier alpha value is -2.26. The van der Waals surface area contributed by atoms with E-state index in [-0.39, 0.29) is 4.90 Å². The van der Waals surface area contributed by atoms with Gasteiger partial charge in [-0.2, -0.15) is 21.2 Å². The first-order valence-electron chi connectivity index (χ1n) is 7.81. The number of nitrogens with zero attached hydrogens (tertiary/aromatic N) is 2. The van der Waals surface area contributed by atoms with Crippen LogP contribution >= 0.6 is 22.7 Å². The van der Waals surface area contributed by atoms with E-state index in [9.17, 15) is 8.42 Å². The topological polar surface area (TPSA) is 64.0 Å². The molecular formula is C18H15N3O2S3. The molecule has 0 aliphatic heterocycles. The van der Waals surface area contributed by atoms with Crippen molar-refractivity contribution in [2.75, 3.05) is 0 Å². The van der Waals surface area contributed by atoms with E-state index in [4.69, 9.17) is 0 Å². The molecule has 8 heteroatoms. The Balaban J connectivity index is 1.63. The highest BCUT2D eigenvalue weighted by Gasteiger charge is 2.24.